The molecule has 0 bridgehead atoms. The molecule has 4 nitrogen and oxygen atoms in total. The third-order valence-electron chi connectivity index (χ3n) is 3.72. The van der Waals surface area contributed by atoms with E-state index in [2.05, 4.69) is 5.32 Å². The Balaban J connectivity index is 1.74. The number of hydrogen-bond acceptors (Lipinski definition) is 3. The Hall–Kier alpha value is -1.39. The minimum absolute atomic E-state index is 0.103. The van der Waals surface area contributed by atoms with Crippen molar-refractivity contribution in [2.75, 3.05) is 6.61 Å². The number of amides is 1. The summed E-state index contributed by atoms with van der Waals surface area (Å²) in [4.78, 5) is 12.0. The van der Waals surface area contributed by atoms with Crippen LogP contribution in [0.1, 0.15) is 30.0 Å². The van der Waals surface area contributed by atoms with Crippen molar-refractivity contribution >= 4 is 5.91 Å². The van der Waals surface area contributed by atoms with E-state index in [-0.39, 0.29) is 18.1 Å². The van der Waals surface area contributed by atoms with Gasteiger partial charge in [-0.1, -0.05) is 24.3 Å². The Morgan fingerprint density at radius 3 is 3.00 bits per heavy atom. The van der Waals surface area contributed by atoms with Gasteiger partial charge in [0, 0.05) is 13.0 Å². The Kier molecular flexibility index (Phi) is 3.06. The molecule has 3 rings (SSSR count). The number of aliphatic hydroxyl groups excluding tert-OH is 1. The zero-order chi connectivity index (χ0) is 12.5. The average Bonchev–Trinajstić information content (AvgIpc) is 2.98. The van der Waals surface area contributed by atoms with E-state index in [1.165, 1.54) is 0 Å². The van der Waals surface area contributed by atoms with E-state index in [9.17, 15) is 9.90 Å². The van der Waals surface area contributed by atoms with Gasteiger partial charge in [-0.05, 0) is 24.0 Å². The molecule has 3 atom stereocenters. The van der Waals surface area contributed by atoms with Gasteiger partial charge in [-0.2, -0.15) is 0 Å². The predicted molar refractivity (Wildman–Crippen MR) is 66.0 cm³/mol. The first-order chi connectivity index (χ1) is 8.75. The molecule has 2 N–H and O–H groups in total. The summed E-state index contributed by atoms with van der Waals surface area (Å²) in [5, 5.41) is 13.0. The summed E-state index contributed by atoms with van der Waals surface area (Å²) in [5.41, 5.74) is 2.14. The first-order valence-electron chi connectivity index (χ1n) is 6.43. The number of hydrogen-bond donors (Lipinski definition) is 2. The Morgan fingerprint density at radius 1 is 1.39 bits per heavy atom. The smallest absolute Gasteiger partial charge is 0.249 e. The monoisotopic (exact) mass is 247 g/mol. The first kappa shape index (κ1) is 11.7. The van der Waals surface area contributed by atoms with Gasteiger partial charge in [0.25, 0.3) is 0 Å². The third kappa shape index (κ3) is 2.02. The van der Waals surface area contributed by atoms with Crippen LogP contribution in [-0.2, 0) is 16.0 Å². The summed E-state index contributed by atoms with van der Waals surface area (Å²) in [5.74, 6) is -0.103. The normalized spacial score (nSPS) is 30.2. The molecule has 1 aromatic rings. The maximum absolute atomic E-state index is 12.0. The van der Waals surface area contributed by atoms with Crippen LogP contribution in [0.3, 0.4) is 0 Å². The predicted octanol–water partition coefficient (Wildman–Crippen LogP) is 0.940. The molecular formula is C14H17NO3. The minimum Gasteiger partial charge on any atom is -0.390 e. The highest BCUT2D eigenvalue weighted by atomic mass is 16.5. The Morgan fingerprint density at radius 2 is 2.22 bits per heavy atom. The highest BCUT2D eigenvalue weighted by Crippen LogP contribution is 2.31. The second-order valence-corrected chi connectivity index (χ2v) is 4.96. The van der Waals surface area contributed by atoms with Crippen LogP contribution in [0, 0.1) is 0 Å². The summed E-state index contributed by atoms with van der Waals surface area (Å²) < 4.78 is 5.35. The number of benzene rings is 1. The van der Waals surface area contributed by atoms with Crippen LogP contribution in [0.25, 0.3) is 0 Å². The van der Waals surface area contributed by atoms with Gasteiger partial charge in [0.15, 0.2) is 0 Å². The molecule has 1 heterocycles. The molecule has 0 saturated carbocycles. The van der Waals surface area contributed by atoms with E-state index in [1.807, 2.05) is 24.3 Å². The fourth-order valence-electron chi connectivity index (χ4n) is 2.78. The van der Waals surface area contributed by atoms with Gasteiger partial charge in [-0.3, -0.25) is 4.79 Å². The lowest BCUT2D eigenvalue weighted by molar-refractivity contribution is -0.131. The molecule has 1 aliphatic heterocycles. The van der Waals surface area contributed by atoms with Crippen LogP contribution >= 0.6 is 0 Å². The van der Waals surface area contributed by atoms with Gasteiger partial charge in [-0.25, -0.2) is 0 Å². The van der Waals surface area contributed by atoms with Gasteiger partial charge < -0.3 is 15.2 Å². The van der Waals surface area contributed by atoms with E-state index >= 15 is 0 Å². The third-order valence-corrected chi connectivity index (χ3v) is 3.72. The molecule has 1 aromatic carbocycles. The Bertz CT molecular complexity index is 454. The van der Waals surface area contributed by atoms with Gasteiger partial charge in [-0.15, -0.1) is 0 Å². The van der Waals surface area contributed by atoms with Crippen LogP contribution in [0.4, 0.5) is 0 Å². The molecule has 1 amide bonds. The maximum Gasteiger partial charge on any atom is 0.249 e. The first-order valence-corrected chi connectivity index (χ1v) is 6.43. The molecule has 96 valence electrons. The van der Waals surface area contributed by atoms with Crippen LogP contribution in [0.2, 0.25) is 0 Å². The summed E-state index contributed by atoms with van der Waals surface area (Å²) in [6.07, 6.45) is 1.43. The SMILES string of the molecule is O=C(N[C@H]1c2ccccc2C[C@H]1O)[C@H]1CCCO1. The summed E-state index contributed by atoms with van der Waals surface area (Å²) in [7, 11) is 0. The molecule has 2 aliphatic rings. The molecule has 0 radical (unpaired) electrons. The van der Waals surface area contributed by atoms with E-state index in [1.54, 1.807) is 0 Å². The van der Waals surface area contributed by atoms with Gasteiger partial charge >= 0.3 is 0 Å². The van der Waals surface area contributed by atoms with E-state index in [0.717, 1.165) is 24.0 Å². The molecule has 18 heavy (non-hydrogen) atoms. The molecule has 1 fully saturated rings. The van der Waals surface area contributed by atoms with Crippen LogP contribution < -0.4 is 5.32 Å². The summed E-state index contributed by atoms with van der Waals surface area (Å²) in [6, 6.07) is 7.55. The summed E-state index contributed by atoms with van der Waals surface area (Å²) >= 11 is 0. The molecule has 0 unspecified atom stereocenters. The number of carbonyl (C=O) groups is 1. The van der Waals surface area contributed by atoms with Crippen LogP contribution in [-0.4, -0.2) is 29.8 Å². The highest BCUT2D eigenvalue weighted by molar-refractivity contribution is 5.81. The van der Waals surface area contributed by atoms with E-state index < -0.39 is 6.10 Å². The molecule has 0 spiro atoms. The zero-order valence-electron chi connectivity index (χ0n) is 10.1. The quantitative estimate of drug-likeness (QED) is 0.817. The number of fused-ring (bicyclic) bond motifs is 1. The van der Waals surface area contributed by atoms with Crippen LogP contribution in [0.15, 0.2) is 24.3 Å². The second-order valence-electron chi connectivity index (χ2n) is 4.96. The largest absolute Gasteiger partial charge is 0.390 e. The average molecular weight is 247 g/mol. The van der Waals surface area contributed by atoms with Crippen molar-refractivity contribution in [3.63, 3.8) is 0 Å². The minimum atomic E-state index is -0.534. The van der Waals surface area contributed by atoms with Crippen molar-refractivity contribution in [2.24, 2.45) is 0 Å². The number of carbonyl (C=O) groups excluding carboxylic acids is 1. The van der Waals surface area contributed by atoms with Crippen molar-refractivity contribution in [1.82, 2.24) is 5.32 Å². The van der Waals surface area contributed by atoms with Crippen molar-refractivity contribution in [2.45, 2.75) is 37.5 Å². The fraction of sp³-hybridized carbons (Fsp3) is 0.500. The zero-order valence-corrected chi connectivity index (χ0v) is 10.1. The van der Waals surface area contributed by atoms with Crippen LogP contribution in [0.5, 0.6) is 0 Å². The van der Waals surface area contributed by atoms with Crippen molar-refractivity contribution in [3.8, 4) is 0 Å². The fourth-order valence-corrected chi connectivity index (χ4v) is 2.78. The molecule has 0 aromatic heterocycles. The van der Waals surface area contributed by atoms with Crippen molar-refractivity contribution in [3.05, 3.63) is 35.4 Å². The van der Waals surface area contributed by atoms with Gasteiger partial charge in [0.05, 0.1) is 12.1 Å². The lowest BCUT2D eigenvalue weighted by atomic mass is 10.1. The number of aliphatic hydroxyl groups is 1. The molecule has 1 aliphatic carbocycles. The lowest BCUT2D eigenvalue weighted by Gasteiger charge is -2.20. The Labute approximate surface area is 106 Å². The molecule has 1 saturated heterocycles. The van der Waals surface area contributed by atoms with Gasteiger partial charge in [0.2, 0.25) is 5.91 Å². The molecular weight excluding hydrogens is 230 g/mol. The second kappa shape index (κ2) is 4.71. The highest BCUT2D eigenvalue weighted by Gasteiger charge is 2.34. The lowest BCUT2D eigenvalue weighted by Crippen LogP contribution is -2.40. The number of ether oxygens (including phenoxy) is 1. The number of rotatable bonds is 2. The van der Waals surface area contributed by atoms with Crippen molar-refractivity contribution in [1.29, 1.82) is 0 Å². The summed E-state index contributed by atoms with van der Waals surface area (Å²) in [6.45, 7) is 0.655. The topological polar surface area (TPSA) is 58.6 Å². The molecule has 4 heteroatoms. The van der Waals surface area contributed by atoms with E-state index in [0.29, 0.717) is 13.0 Å². The maximum atomic E-state index is 12.0. The van der Waals surface area contributed by atoms with E-state index in [4.69, 9.17) is 4.74 Å². The number of nitrogens with one attached hydrogen (secondary N) is 1. The standard InChI is InChI=1S/C14H17NO3/c16-11-8-9-4-1-2-5-10(9)13(11)15-14(17)12-6-3-7-18-12/h1-2,4-5,11-13,16H,3,6-8H2,(H,15,17)/t11-,12-,13+/m1/s1. The van der Waals surface area contributed by atoms with Crippen molar-refractivity contribution < 1.29 is 14.6 Å². The van der Waals surface area contributed by atoms with Gasteiger partial charge in [0.1, 0.15) is 6.10 Å².